The Morgan fingerprint density at radius 3 is 2.39 bits per heavy atom. The van der Waals surface area contributed by atoms with Crippen LogP contribution in [0.3, 0.4) is 0 Å². The van der Waals surface area contributed by atoms with Crippen molar-refractivity contribution < 1.29 is 8.42 Å². The van der Waals surface area contributed by atoms with Gasteiger partial charge in [0.15, 0.2) is 11.5 Å². The van der Waals surface area contributed by atoms with Crippen LogP contribution < -0.4 is 4.72 Å². The van der Waals surface area contributed by atoms with Crippen LogP contribution in [0, 0.1) is 20.8 Å². The summed E-state index contributed by atoms with van der Waals surface area (Å²) in [5, 5.41) is 12.6. The first-order valence-electron chi connectivity index (χ1n) is 8.72. The lowest BCUT2D eigenvalue weighted by Gasteiger charge is -2.11. The minimum absolute atomic E-state index is 0.245. The van der Waals surface area contributed by atoms with E-state index in [4.69, 9.17) is 0 Å². The minimum atomic E-state index is -3.69. The summed E-state index contributed by atoms with van der Waals surface area (Å²) in [6.07, 6.45) is 0. The fraction of sp³-hybridized carbons (Fsp3) is 0.150. The third kappa shape index (κ3) is 3.46. The van der Waals surface area contributed by atoms with Gasteiger partial charge in [0, 0.05) is 11.3 Å². The Labute approximate surface area is 163 Å². The van der Waals surface area contributed by atoms with Gasteiger partial charge in [-0.1, -0.05) is 18.2 Å². The normalized spacial score (nSPS) is 11.7. The average Bonchev–Trinajstić information content (AvgIpc) is 3.01. The van der Waals surface area contributed by atoms with Crippen molar-refractivity contribution in [3.05, 3.63) is 71.5 Å². The maximum atomic E-state index is 12.8. The summed E-state index contributed by atoms with van der Waals surface area (Å²) >= 11 is 0. The Morgan fingerprint density at radius 1 is 0.893 bits per heavy atom. The number of nitrogens with one attached hydrogen (secondary N) is 1. The van der Waals surface area contributed by atoms with Gasteiger partial charge in [-0.25, -0.2) is 8.42 Å². The number of fused-ring (bicyclic) bond motifs is 1. The summed E-state index contributed by atoms with van der Waals surface area (Å²) < 4.78 is 29.9. The van der Waals surface area contributed by atoms with Crippen molar-refractivity contribution in [3.63, 3.8) is 0 Å². The fourth-order valence-electron chi connectivity index (χ4n) is 3.09. The first-order chi connectivity index (χ1) is 13.3. The largest absolute Gasteiger partial charge is 0.280 e. The van der Waals surface area contributed by atoms with Gasteiger partial charge in [-0.2, -0.15) is 9.61 Å². The molecule has 0 fully saturated rings. The van der Waals surface area contributed by atoms with Gasteiger partial charge in [0.1, 0.15) is 0 Å². The van der Waals surface area contributed by atoms with Crippen molar-refractivity contribution in [2.24, 2.45) is 0 Å². The highest BCUT2D eigenvalue weighted by Crippen LogP contribution is 2.24. The zero-order valence-corrected chi connectivity index (χ0v) is 16.5. The van der Waals surface area contributed by atoms with E-state index in [9.17, 15) is 8.42 Å². The molecule has 4 rings (SSSR count). The molecule has 0 aliphatic heterocycles. The third-order valence-electron chi connectivity index (χ3n) is 4.33. The van der Waals surface area contributed by atoms with Crippen molar-refractivity contribution in [2.75, 3.05) is 4.72 Å². The van der Waals surface area contributed by atoms with Crippen LogP contribution in [0.2, 0.25) is 0 Å². The lowest BCUT2D eigenvalue weighted by atomic mass is 10.1. The molecule has 2 aromatic heterocycles. The van der Waals surface area contributed by atoms with E-state index in [-0.39, 0.29) is 4.90 Å². The van der Waals surface area contributed by atoms with E-state index in [1.54, 1.807) is 34.8 Å². The first kappa shape index (κ1) is 18.1. The molecule has 0 unspecified atom stereocenters. The predicted octanol–water partition coefficient (Wildman–Crippen LogP) is 3.52. The van der Waals surface area contributed by atoms with Gasteiger partial charge in [-0.15, -0.1) is 10.2 Å². The molecule has 0 amide bonds. The standard InChI is InChI=1S/C20H19N5O2S/c1-13-9-14(2)11-18(10-13)28(26,27)24-17-6-4-5-16(12-17)19-7-8-20-22-21-15(3)25(20)23-19/h4-12,24H,1-3H3. The van der Waals surface area contributed by atoms with Crippen LogP contribution in [0.15, 0.2) is 59.5 Å². The van der Waals surface area contributed by atoms with Crippen molar-refractivity contribution in [3.8, 4) is 11.3 Å². The summed E-state index contributed by atoms with van der Waals surface area (Å²) in [6.45, 7) is 5.58. The lowest BCUT2D eigenvalue weighted by molar-refractivity contribution is 0.601. The van der Waals surface area contributed by atoms with Crippen LogP contribution in [-0.4, -0.2) is 28.2 Å². The molecule has 0 spiro atoms. The summed E-state index contributed by atoms with van der Waals surface area (Å²) in [6, 6.07) is 16.1. The van der Waals surface area contributed by atoms with Gasteiger partial charge < -0.3 is 0 Å². The van der Waals surface area contributed by atoms with Crippen LogP contribution in [0.5, 0.6) is 0 Å². The first-order valence-corrected chi connectivity index (χ1v) is 10.2. The number of sulfonamides is 1. The third-order valence-corrected chi connectivity index (χ3v) is 5.70. The SMILES string of the molecule is Cc1cc(C)cc(S(=O)(=O)Nc2cccc(-c3ccc4nnc(C)n4n3)c2)c1. The Morgan fingerprint density at radius 2 is 1.64 bits per heavy atom. The number of nitrogens with zero attached hydrogens (tertiary/aromatic N) is 4. The molecule has 142 valence electrons. The van der Waals surface area contributed by atoms with Crippen molar-refractivity contribution in [1.29, 1.82) is 0 Å². The van der Waals surface area contributed by atoms with E-state index in [0.717, 1.165) is 16.7 Å². The second-order valence-electron chi connectivity index (χ2n) is 6.75. The van der Waals surface area contributed by atoms with E-state index in [1.807, 2.05) is 45.0 Å². The zero-order chi connectivity index (χ0) is 19.9. The highest BCUT2D eigenvalue weighted by atomic mass is 32.2. The fourth-order valence-corrected chi connectivity index (χ4v) is 4.33. The summed E-state index contributed by atoms with van der Waals surface area (Å²) in [7, 11) is -3.69. The molecule has 0 aliphatic carbocycles. The van der Waals surface area contributed by atoms with E-state index in [2.05, 4.69) is 20.0 Å². The number of aromatic nitrogens is 4. The van der Waals surface area contributed by atoms with Crippen LogP contribution >= 0.6 is 0 Å². The Bertz CT molecular complexity index is 1270. The lowest BCUT2D eigenvalue weighted by Crippen LogP contribution is -2.13. The van der Waals surface area contributed by atoms with E-state index in [0.29, 0.717) is 22.9 Å². The van der Waals surface area contributed by atoms with Crippen LogP contribution in [0.1, 0.15) is 17.0 Å². The van der Waals surface area contributed by atoms with E-state index in [1.165, 1.54) is 0 Å². The van der Waals surface area contributed by atoms with E-state index < -0.39 is 10.0 Å². The highest BCUT2D eigenvalue weighted by molar-refractivity contribution is 7.92. The molecule has 4 aromatic rings. The van der Waals surface area contributed by atoms with Crippen LogP contribution in [0.4, 0.5) is 5.69 Å². The molecule has 0 radical (unpaired) electrons. The predicted molar refractivity (Wildman–Crippen MR) is 108 cm³/mol. The van der Waals surface area contributed by atoms with Gasteiger partial charge in [0.2, 0.25) is 0 Å². The Balaban J connectivity index is 1.69. The van der Waals surface area contributed by atoms with Gasteiger partial charge in [-0.05, 0) is 68.3 Å². The summed E-state index contributed by atoms with van der Waals surface area (Å²) in [5.41, 5.74) is 4.41. The quantitative estimate of drug-likeness (QED) is 0.573. The maximum absolute atomic E-state index is 12.8. The molecule has 0 bridgehead atoms. The molecule has 2 aromatic carbocycles. The van der Waals surface area contributed by atoms with Gasteiger partial charge in [0.25, 0.3) is 10.0 Å². The number of rotatable bonds is 4. The molecule has 0 saturated heterocycles. The number of anilines is 1. The van der Waals surface area contributed by atoms with Crippen LogP contribution in [0.25, 0.3) is 16.9 Å². The second-order valence-corrected chi connectivity index (χ2v) is 8.43. The Kier molecular flexibility index (Phi) is 4.35. The van der Waals surface area contributed by atoms with E-state index >= 15 is 0 Å². The minimum Gasteiger partial charge on any atom is -0.280 e. The molecule has 0 atom stereocenters. The van der Waals surface area contributed by atoms with Crippen molar-refractivity contribution in [2.45, 2.75) is 25.7 Å². The van der Waals surface area contributed by atoms with Gasteiger partial charge in [0.05, 0.1) is 10.6 Å². The van der Waals surface area contributed by atoms with Gasteiger partial charge in [-0.3, -0.25) is 4.72 Å². The number of hydrogen-bond acceptors (Lipinski definition) is 5. The van der Waals surface area contributed by atoms with Crippen LogP contribution in [-0.2, 0) is 10.0 Å². The number of hydrogen-bond donors (Lipinski definition) is 1. The number of benzene rings is 2. The maximum Gasteiger partial charge on any atom is 0.261 e. The molecule has 1 N–H and O–H groups in total. The van der Waals surface area contributed by atoms with Crippen molar-refractivity contribution in [1.82, 2.24) is 19.8 Å². The highest BCUT2D eigenvalue weighted by Gasteiger charge is 2.15. The second kappa shape index (κ2) is 6.72. The smallest absolute Gasteiger partial charge is 0.261 e. The zero-order valence-electron chi connectivity index (χ0n) is 15.7. The molecule has 0 aliphatic rings. The molecule has 8 heteroatoms. The molecule has 28 heavy (non-hydrogen) atoms. The summed E-state index contributed by atoms with van der Waals surface area (Å²) in [4.78, 5) is 0.245. The molecule has 0 saturated carbocycles. The monoisotopic (exact) mass is 393 g/mol. The molecule has 2 heterocycles. The molecular formula is C20H19N5O2S. The molecular weight excluding hydrogens is 374 g/mol. The summed E-state index contributed by atoms with van der Waals surface area (Å²) in [5.74, 6) is 0.684. The Hall–Kier alpha value is -3.26. The average molecular weight is 393 g/mol. The number of aryl methyl sites for hydroxylation is 3. The molecule has 7 nitrogen and oxygen atoms in total. The van der Waals surface area contributed by atoms with Crippen molar-refractivity contribution >= 4 is 21.4 Å². The topological polar surface area (TPSA) is 89.2 Å². The van der Waals surface area contributed by atoms with Gasteiger partial charge >= 0.3 is 0 Å².